The van der Waals surface area contributed by atoms with Gasteiger partial charge in [0.2, 0.25) is 0 Å². The van der Waals surface area contributed by atoms with Gasteiger partial charge in [0, 0.05) is 12.5 Å². The second-order valence-electron chi connectivity index (χ2n) is 5.25. The third kappa shape index (κ3) is 7.71. The van der Waals surface area contributed by atoms with E-state index in [0.29, 0.717) is 19.6 Å². The zero-order chi connectivity index (χ0) is 15.5. The summed E-state index contributed by atoms with van der Waals surface area (Å²) >= 11 is 0. The SMILES string of the molecule is CCOC(=O)CCCCCOc1ccccc1CC(C)N. The Morgan fingerprint density at radius 1 is 1.24 bits per heavy atom. The Kier molecular flexibility index (Phi) is 8.51. The summed E-state index contributed by atoms with van der Waals surface area (Å²) in [5.74, 6) is 0.806. The molecular weight excluding hydrogens is 266 g/mol. The van der Waals surface area contributed by atoms with Gasteiger partial charge >= 0.3 is 5.97 Å². The molecule has 0 aliphatic carbocycles. The summed E-state index contributed by atoms with van der Waals surface area (Å²) in [4.78, 5) is 11.2. The van der Waals surface area contributed by atoms with Crippen molar-refractivity contribution < 1.29 is 14.3 Å². The first-order valence-corrected chi connectivity index (χ1v) is 7.75. The number of rotatable bonds is 10. The van der Waals surface area contributed by atoms with E-state index in [9.17, 15) is 4.79 Å². The minimum absolute atomic E-state index is 0.110. The van der Waals surface area contributed by atoms with Crippen molar-refractivity contribution >= 4 is 5.97 Å². The lowest BCUT2D eigenvalue weighted by atomic mass is 10.1. The summed E-state index contributed by atoms with van der Waals surface area (Å²) in [5, 5.41) is 0. The summed E-state index contributed by atoms with van der Waals surface area (Å²) in [6.07, 6.45) is 4.07. The molecular formula is C17H27NO3. The summed E-state index contributed by atoms with van der Waals surface area (Å²) < 4.78 is 10.7. The molecule has 1 unspecified atom stereocenters. The van der Waals surface area contributed by atoms with Crippen LogP contribution in [0.5, 0.6) is 5.75 Å². The average Bonchev–Trinajstić information content (AvgIpc) is 2.44. The van der Waals surface area contributed by atoms with Gasteiger partial charge in [-0.1, -0.05) is 18.2 Å². The van der Waals surface area contributed by atoms with Crippen molar-refractivity contribution in [1.82, 2.24) is 0 Å². The molecule has 0 bridgehead atoms. The van der Waals surface area contributed by atoms with E-state index in [-0.39, 0.29) is 12.0 Å². The highest BCUT2D eigenvalue weighted by Gasteiger charge is 2.05. The molecule has 0 aliphatic rings. The van der Waals surface area contributed by atoms with Crippen LogP contribution < -0.4 is 10.5 Å². The van der Waals surface area contributed by atoms with Crippen LogP contribution >= 0.6 is 0 Å². The fourth-order valence-electron chi connectivity index (χ4n) is 2.12. The number of esters is 1. The molecule has 0 spiro atoms. The maximum absolute atomic E-state index is 11.2. The molecule has 0 aliphatic heterocycles. The van der Waals surface area contributed by atoms with Gasteiger partial charge in [-0.25, -0.2) is 0 Å². The number of hydrogen-bond donors (Lipinski definition) is 1. The Morgan fingerprint density at radius 2 is 2.00 bits per heavy atom. The third-order valence-electron chi connectivity index (χ3n) is 3.10. The number of ether oxygens (including phenoxy) is 2. The van der Waals surface area contributed by atoms with Gasteiger partial charge in [-0.2, -0.15) is 0 Å². The second kappa shape index (κ2) is 10.2. The van der Waals surface area contributed by atoms with E-state index in [1.54, 1.807) is 0 Å². The fourth-order valence-corrected chi connectivity index (χ4v) is 2.12. The molecule has 1 atom stereocenters. The van der Waals surface area contributed by atoms with E-state index in [0.717, 1.165) is 37.0 Å². The lowest BCUT2D eigenvalue weighted by Crippen LogP contribution is -2.18. The second-order valence-corrected chi connectivity index (χ2v) is 5.25. The predicted molar refractivity (Wildman–Crippen MR) is 84.4 cm³/mol. The standard InChI is InChI=1S/C17H27NO3/c1-3-20-17(19)11-5-4-8-12-21-16-10-7-6-9-15(16)13-14(2)18/h6-7,9-10,14H,3-5,8,11-13,18H2,1-2H3. The molecule has 4 nitrogen and oxygen atoms in total. The summed E-state index contributed by atoms with van der Waals surface area (Å²) in [6, 6.07) is 8.14. The zero-order valence-electron chi connectivity index (χ0n) is 13.1. The van der Waals surface area contributed by atoms with Crippen LogP contribution in [0.4, 0.5) is 0 Å². The molecule has 2 N–H and O–H groups in total. The molecule has 0 heterocycles. The molecule has 1 aromatic rings. The molecule has 0 aromatic heterocycles. The topological polar surface area (TPSA) is 61.5 Å². The van der Waals surface area contributed by atoms with Gasteiger partial charge in [0.15, 0.2) is 0 Å². The molecule has 0 amide bonds. The third-order valence-corrected chi connectivity index (χ3v) is 3.10. The van der Waals surface area contributed by atoms with Gasteiger partial charge in [-0.15, -0.1) is 0 Å². The first-order valence-electron chi connectivity index (χ1n) is 7.75. The summed E-state index contributed by atoms with van der Waals surface area (Å²) in [7, 11) is 0. The van der Waals surface area contributed by atoms with Gasteiger partial charge < -0.3 is 15.2 Å². The lowest BCUT2D eigenvalue weighted by Gasteiger charge is -2.12. The van der Waals surface area contributed by atoms with Gasteiger partial charge in [-0.05, 0) is 51.2 Å². The van der Waals surface area contributed by atoms with Gasteiger partial charge in [-0.3, -0.25) is 4.79 Å². The number of nitrogens with two attached hydrogens (primary N) is 1. The monoisotopic (exact) mass is 293 g/mol. The number of hydrogen-bond acceptors (Lipinski definition) is 4. The molecule has 0 radical (unpaired) electrons. The van der Waals surface area contributed by atoms with Crippen molar-refractivity contribution in [3.05, 3.63) is 29.8 Å². The maximum Gasteiger partial charge on any atom is 0.305 e. The number of para-hydroxylation sites is 1. The van der Waals surface area contributed by atoms with Gasteiger partial charge in [0.05, 0.1) is 13.2 Å². The normalized spacial score (nSPS) is 12.0. The van der Waals surface area contributed by atoms with Gasteiger partial charge in [0.1, 0.15) is 5.75 Å². The van der Waals surface area contributed by atoms with Crippen LogP contribution in [0.2, 0.25) is 0 Å². The van der Waals surface area contributed by atoms with E-state index < -0.39 is 0 Å². The maximum atomic E-state index is 11.2. The highest BCUT2D eigenvalue weighted by Crippen LogP contribution is 2.19. The molecule has 0 fully saturated rings. The molecule has 21 heavy (non-hydrogen) atoms. The molecule has 4 heteroatoms. The van der Waals surface area contributed by atoms with Gasteiger partial charge in [0.25, 0.3) is 0 Å². The Labute approximate surface area is 127 Å². The predicted octanol–water partition coefficient (Wildman–Crippen LogP) is 3.08. The van der Waals surface area contributed by atoms with Crippen LogP contribution in [-0.4, -0.2) is 25.2 Å². The Bertz CT molecular complexity index is 418. The first kappa shape index (κ1) is 17.5. The van der Waals surface area contributed by atoms with E-state index in [1.807, 2.05) is 32.0 Å². The molecule has 1 aromatic carbocycles. The van der Waals surface area contributed by atoms with E-state index >= 15 is 0 Å². The Balaban J connectivity index is 2.22. The lowest BCUT2D eigenvalue weighted by molar-refractivity contribution is -0.143. The largest absolute Gasteiger partial charge is 0.493 e. The highest BCUT2D eigenvalue weighted by molar-refractivity contribution is 5.69. The van der Waals surface area contributed by atoms with Crippen LogP contribution in [0, 0.1) is 0 Å². The van der Waals surface area contributed by atoms with Crippen molar-refractivity contribution in [2.75, 3.05) is 13.2 Å². The minimum atomic E-state index is -0.110. The van der Waals surface area contributed by atoms with Crippen LogP contribution in [0.15, 0.2) is 24.3 Å². The Hall–Kier alpha value is -1.55. The van der Waals surface area contributed by atoms with Crippen molar-refractivity contribution in [3.8, 4) is 5.75 Å². The van der Waals surface area contributed by atoms with Crippen molar-refractivity contribution in [3.63, 3.8) is 0 Å². The van der Waals surface area contributed by atoms with Crippen molar-refractivity contribution in [1.29, 1.82) is 0 Å². The van der Waals surface area contributed by atoms with E-state index in [4.69, 9.17) is 15.2 Å². The van der Waals surface area contributed by atoms with Crippen molar-refractivity contribution in [2.24, 2.45) is 5.73 Å². The average molecular weight is 293 g/mol. The first-order chi connectivity index (χ1) is 10.1. The number of carbonyl (C=O) groups excluding carboxylic acids is 1. The van der Waals surface area contributed by atoms with Crippen molar-refractivity contribution in [2.45, 2.75) is 52.0 Å². The molecule has 118 valence electrons. The minimum Gasteiger partial charge on any atom is -0.493 e. The quantitative estimate of drug-likeness (QED) is 0.532. The zero-order valence-corrected chi connectivity index (χ0v) is 13.1. The van der Waals surface area contributed by atoms with E-state index in [2.05, 4.69) is 6.07 Å². The molecule has 0 saturated carbocycles. The number of unbranched alkanes of at least 4 members (excludes halogenated alkanes) is 2. The Morgan fingerprint density at radius 3 is 2.71 bits per heavy atom. The number of benzene rings is 1. The van der Waals surface area contributed by atoms with Crippen LogP contribution in [0.1, 0.15) is 45.1 Å². The van der Waals surface area contributed by atoms with Crippen LogP contribution in [0.3, 0.4) is 0 Å². The summed E-state index contributed by atoms with van der Waals surface area (Å²) in [6.45, 7) is 4.94. The smallest absolute Gasteiger partial charge is 0.305 e. The summed E-state index contributed by atoms with van der Waals surface area (Å²) in [5.41, 5.74) is 6.99. The number of carbonyl (C=O) groups is 1. The van der Waals surface area contributed by atoms with Crippen LogP contribution in [-0.2, 0) is 16.0 Å². The van der Waals surface area contributed by atoms with Crippen LogP contribution in [0.25, 0.3) is 0 Å². The van der Waals surface area contributed by atoms with E-state index in [1.165, 1.54) is 0 Å². The molecule has 0 saturated heterocycles. The highest BCUT2D eigenvalue weighted by atomic mass is 16.5. The molecule has 1 rings (SSSR count). The fraction of sp³-hybridized carbons (Fsp3) is 0.588.